The number of fused-ring (bicyclic) bond motifs is 1. The molecule has 6 nitrogen and oxygen atoms in total. The van der Waals surface area contributed by atoms with E-state index < -0.39 is 5.82 Å². The van der Waals surface area contributed by atoms with E-state index in [1.165, 1.54) is 6.20 Å². The molecule has 5 rings (SSSR count). The number of halogens is 2. The number of aromatic nitrogens is 4. The molecule has 4 aromatic rings. The number of benzene rings is 1. The van der Waals surface area contributed by atoms with Crippen LogP contribution in [0.5, 0.6) is 0 Å². The summed E-state index contributed by atoms with van der Waals surface area (Å²) in [5.41, 5.74) is 3.61. The van der Waals surface area contributed by atoms with Crippen LogP contribution in [0.4, 0.5) is 10.2 Å². The predicted octanol–water partition coefficient (Wildman–Crippen LogP) is 4.99. The van der Waals surface area contributed by atoms with Gasteiger partial charge in [-0.15, -0.1) is 0 Å². The minimum absolute atomic E-state index is 0.215. The van der Waals surface area contributed by atoms with Crippen LogP contribution in [0.15, 0.2) is 48.9 Å². The summed E-state index contributed by atoms with van der Waals surface area (Å²) in [5.74, 6) is 0.633. The number of aryl methyl sites for hydroxylation is 1. The molecule has 0 radical (unpaired) electrons. The van der Waals surface area contributed by atoms with E-state index in [2.05, 4.69) is 25.6 Å². The van der Waals surface area contributed by atoms with Gasteiger partial charge in [0.05, 0.1) is 11.2 Å². The molecule has 0 amide bonds. The van der Waals surface area contributed by atoms with Crippen LogP contribution in [0.1, 0.15) is 18.4 Å². The van der Waals surface area contributed by atoms with Gasteiger partial charge in [-0.25, -0.2) is 19.3 Å². The lowest BCUT2D eigenvalue weighted by Crippen LogP contribution is -2.33. The monoisotopic (exact) mass is 450 g/mol. The van der Waals surface area contributed by atoms with E-state index in [9.17, 15) is 4.39 Å². The van der Waals surface area contributed by atoms with Crippen molar-refractivity contribution < 1.29 is 4.39 Å². The molecule has 8 heteroatoms. The predicted molar refractivity (Wildman–Crippen MR) is 126 cm³/mol. The first-order valence-electron chi connectivity index (χ1n) is 10.8. The Morgan fingerprint density at radius 3 is 2.94 bits per heavy atom. The Bertz CT molecular complexity index is 1260. The molecule has 0 aliphatic carbocycles. The van der Waals surface area contributed by atoms with E-state index in [1.807, 2.05) is 48.0 Å². The molecule has 0 bridgehead atoms. The van der Waals surface area contributed by atoms with E-state index in [-0.39, 0.29) is 5.82 Å². The van der Waals surface area contributed by atoms with Crippen molar-refractivity contribution >= 4 is 28.5 Å². The summed E-state index contributed by atoms with van der Waals surface area (Å²) in [6.07, 6.45) is 7.04. The smallest absolute Gasteiger partial charge is 0.183 e. The van der Waals surface area contributed by atoms with Crippen molar-refractivity contribution in [2.45, 2.75) is 19.8 Å². The van der Waals surface area contributed by atoms with Crippen molar-refractivity contribution in [2.24, 2.45) is 5.92 Å². The van der Waals surface area contributed by atoms with Gasteiger partial charge in [0.2, 0.25) is 0 Å². The van der Waals surface area contributed by atoms with Crippen molar-refractivity contribution in [3.63, 3.8) is 0 Å². The molecule has 4 heterocycles. The van der Waals surface area contributed by atoms with Crippen LogP contribution in [-0.4, -0.2) is 39.2 Å². The van der Waals surface area contributed by atoms with Gasteiger partial charge in [0, 0.05) is 35.6 Å². The lowest BCUT2D eigenvalue weighted by Gasteiger charge is -2.23. The summed E-state index contributed by atoms with van der Waals surface area (Å²) in [6, 6.07) is 9.92. The van der Waals surface area contributed by atoms with Crippen molar-refractivity contribution in [3.05, 3.63) is 65.3 Å². The first-order valence-corrected chi connectivity index (χ1v) is 11.2. The number of nitrogens with one attached hydrogen (secondary N) is 2. The van der Waals surface area contributed by atoms with Gasteiger partial charge in [0.15, 0.2) is 17.5 Å². The molecule has 0 spiro atoms. The van der Waals surface area contributed by atoms with Crippen molar-refractivity contribution in [1.82, 2.24) is 24.8 Å². The Morgan fingerprint density at radius 2 is 2.12 bits per heavy atom. The van der Waals surface area contributed by atoms with Crippen LogP contribution in [0.2, 0.25) is 5.02 Å². The molecular formula is C24H24ClFN6. The lowest BCUT2D eigenvalue weighted by atomic mass is 10.00. The largest absolute Gasteiger partial charge is 0.367 e. The highest BCUT2D eigenvalue weighted by Gasteiger charge is 2.19. The van der Waals surface area contributed by atoms with Crippen LogP contribution >= 0.6 is 11.6 Å². The molecule has 2 N–H and O–H groups in total. The van der Waals surface area contributed by atoms with Gasteiger partial charge in [0.25, 0.3) is 0 Å². The van der Waals surface area contributed by atoms with Gasteiger partial charge in [0.1, 0.15) is 5.65 Å². The van der Waals surface area contributed by atoms with Gasteiger partial charge in [-0.05, 0) is 56.5 Å². The second-order valence-corrected chi connectivity index (χ2v) is 8.64. The van der Waals surface area contributed by atoms with E-state index in [0.717, 1.165) is 53.8 Å². The molecule has 1 saturated heterocycles. The molecule has 164 valence electrons. The SMILES string of the molecule is Cc1ccccc1-n1cc(-c2ncc(F)c(NCC3CCCNC3)n2)c2cc(Cl)cnc21. The summed E-state index contributed by atoms with van der Waals surface area (Å²) in [5, 5.41) is 7.90. The average Bonchev–Trinajstić information content (AvgIpc) is 3.18. The Hall–Kier alpha value is -3.03. The van der Waals surface area contributed by atoms with Crippen LogP contribution in [0, 0.1) is 18.7 Å². The van der Waals surface area contributed by atoms with E-state index in [4.69, 9.17) is 11.6 Å². The van der Waals surface area contributed by atoms with Crippen LogP contribution in [-0.2, 0) is 0 Å². The van der Waals surface area contributed by atoms with Gasteiger partial charge in [-0.1, -0.05) is 29.8 Å². The summed E-state index contributed by atoms with van der Waals surface area (Å²) < 4.78 is 16.5. The molecule has 1 fully saturated rings. The highest BCUT2D eigenvalue weighted by atomic mass is 35.5. The van der Waals surface area contributed by atoms with Crippen molar-refractivity contribution in [3.8, 4) is 17.1 Å². The molecule has 3 aromatic heterocycles. The van der Waals surface area contributed by atoms with Crippen LogP contribution < -0.4 is 10.6 Å². The number of anilines is 1. The molecule has 1 aliphatic rings. The minimum Gasteiger partial charge on any atom is -0.367 e. The summed E-state index contributed by atoms with van der Waals surface area (Å²) in [6.45, 7) is 4.69. The maximum absolute atomic E-state index is 14.5. The fourth-order valence-corrected chi connectivity index (χ4v) is 4.40. The highest BCUT2D eigenvalue weighted by molar-refractivity contribution is 6.31. The first kappa shape index (κ1) is 20.8. The number of para-hydroxylation sites is 1. The Kier molecular flexibility index (Phi) is 5.76. The number of rotatable bonds is 5. The standard InChI is InChI=1S/C24H24ClFN6/c1-15-5-2-3-7-21(15)32-14-19(18-9-17(25)12-30-24(18)32)22-29-13-20(26)23(31-22)28-11-16-6-4-8-27-10-16/h2-3,5,7,9,12-14,16,27H,4,6,8,10-11H2,1H3,(H,28,29,31). The van der Waals surface area contributed by atoms with Gasteiger partial charge >= 0.3 is 0 Å². The number of nitrogens with zero attached hydrogens (tertiary/aromatic N) is 4. The Morgan fingerprint density at radius 1 is 1.25 bits per heavy atom. The number of pyridine rings is 1. The van der Waals surface area contributed by atoms with Crippen LogP contribution in [0.25, 0.3) is 28.1 Å². The fourth-order valence-electron chi connectivity index (χ4n) is 4.24. The van der Waals surface area contributed by atoms with Crippen molar-refractivity contribution in [1.29, 1.82) is 0 Å². The van der Waals surface area contributed by atoms with Gasteiger partial charge in [-0.2, -0.15) is 0 Å². The maximum atomic E-state index is 14.5. The summed E-state index contributed by atoms with van der Waals surface area (Å²) in [4.78, 5) is 13.4. The fraction of sp³-hybridized carbons (Fsp3) is 0.292. The third-order valence-corrected chi connectivity index (χ3v) is 6.13. The zero-order chi connectivity index (χ0) is 22.1. The van der Waals surface area contributed by atoms with Gasteiger partial charge < -0.3 is 15.2 Å². The summed E-state index contributed by atoms with van der Waals surface area (Å²) in [7, 11) is 0. The zero-order valence-electron chi connectivity index (χ0n) is 17.8. The minimum atomic E-state index is -0.462. The maximum Gasteiger partial charge on any atom is 0.183 e. The number of piperidine rings is 1. The second-order valence-electron chi connectivity index (χ2n) is 8.21. The zero-order valence-corrected chi connectivity index (χ0v) is 18.5. The van der Waals surface area contributed by atoms with Gasteiger partial charge in [-0.3, -0.25) is 0 Å². The third kappa shape index (κ3) is 4.06. The molecular weight excluding hydrogens is 427 g/mol. The Balaban J connectivity index is 1.56. The average molecular weight is 451 g/mol. The molecule has 1 aromatic carbocycles. The molecule has 1 atom stereocenters. The Labute approximate surface area is 190 Å². The quantitative estimate of drug-likeness (QED) is 0.448. The topological polar surface area (TPSA) is 67.7 Å². The highest BCUT2D eigenvalue weighted by Crippen LogP contribution is 2.33. The number of hydrogen-bond acceptors (Lipinski definition) is 5. The first-order chi connectivity index (χ1) is 15.6. The van der Waals surface area contributed by atoms with E-state index in [0.29, 0.717) is 23.3 Å². The van der Waals surface area contributed by atoms with Crippen LogP contribution in [0.3, 0.4) is 0 Å². The number of hydrogen-bond donors (Lipinski definition) is 2. The van der Waals surface area contributed by atoms with E-state index >= 15 is 0 Å². The second kappa shape index (κ2) is 8.84. The van der Waals surface area contributed by atoms with Crippen molar-refractivity contribution in [2.75, 3.05) is 25.0 Å². The third-order valence-electron chi connectivity index (χ3n) is 5.93. The molecule has 1 unspecified atom stereocenters. The molecule has 0 saturated carbocycles. The molecule has 32 heavy (non-hydrogen) atoms. The lowest BCUT2D eigenvalue weighted by molar-refractivity contribution is 0.392. The van der Waals surface area contributed by atoms with E-state index in [1.54, 1.807) is 6.20 Å². The normalized spacial score (nSPS) is 16.4. The molecule has 1 aliphatic heterocycles. The summed E-state index contributed by atoms with van der Waals surface area (Å²) >= 11 is 6.27.